The van der Waals surface area contributed by atoms with Gasteiger partial charge in [0, 0.05) is 38.6 Å². The van der Waals surface area contributed by atoms with Crippen LogP contribution in [0.15, 0.2) is 17.3 Å². The van der Waals surface area contributed by atoms with Crippen molar-refractivity contribution in [2.24, 2.45) is 4.99 Å². The second-order valence-electron chi connectivity index (χ2n) is 2.84. The summed E-state index contributed by atoms with van der Waals surface area (Å²) in [5, 5.41) is 6.43. The Kier molecular flexibility index (Phi) is 2.39. The zero-order valence-electron chi connectivity index (χ0n) is 6.95. The summed E-state index contributed by atoms with van der Waals surface area (Å²) in [5.41, 5.74) is 0. The molecule has 0 bridgehead atoms. The van der Waals surface area contributed by atoms with E-state index in [2.05, 4.69) is 20.5 Å². The third-order valence-electron chi connectivity index (χ3n) is 2.01. The summed E-state index contributed by atoms with van der Waals surface area (Å²) in [4.78, 5) is 6.49. The smallest absolute Gasteiger partial charge is 0.246 e. The second kappa shape index (κ2) is 3.69. The maximum Gasteiger partial charge on any atom is 0.246 e. The van der Waals surface area contributed by atoms with Crippen LogP contribution in [0.25, 0.3) is 0 Å². The van der Waals surface area contributed by atoms with Crippen molar-refractivity contribution in [3.63, 3.8) is 0 Å². The molecular formula is C8H13N4. The van der Waals surface area contributed by atoms with Crippen LogP contribution in [-0.4, -0.2) is 37.3 Å². The molecule has 65 valence electrons. The van der Waals surface area contributed by atoms with E-state index in [1.807, 2.05) is 18.5 Å². The van der Waals surface area contributed by atoms with E-state index in [0.717, 1.165) is 32.5 Å². The van der Waals surface area contributed by atoms with Crippen molar-refractivity contribution in [2.45, 2.75) is 0 Å². The first-order chi connectivity index (χ1) is 5.97. The third-order valence-corrected chi connectivity index (χ3v) is 2.01. The molecule has 0 aromatic carbocycles. The van der Waals surface area contributed by atoms with Gasteiger partial charge in [-0.2, -0.15) is 0 Å². The lowest BCUT2D eigenvalue weighted by atomic mass is 10.3. The van der Waals surface area contributed by atoms with Crippen molar-refractivity contribution in [1.29, 1.82) is 0 Å². The Labute approximate surface area is 72.3 Å². The molecule has 1 fully saturated rings. The molecule has 4 nitrogen and oxygen atoms in total. The van der Waals surface area contributed by atoms with Gasteiger partial charge in [0.1, 0.15) is 0 Å². The normalized spacial score (nSPS) is 25.7. The Morgan fingerprint density at radius 3 is 2.83 bits per heavy atom. The number of allylic oxidation sites excluding steroid dienone is 1. The van der Waals surface area contributed by atoms with Crippen molar-refractivity contribution in [2.75, 3.05) is 26.2 Å². The van der Waals surface area contributed by atoms with Crippen LogP contribution in [0.1, 0.15) is 0 Å². The Morgan fingerprint density at radius 1 is 1.33 bits per heavy atom. The minimum atomic E-state index is 0.971. The summed E-state index contributed by atoms with van der Waals surface area (Å²) in [7, 11) is 0. The molecule has 1 saturated heterocycles. The summed E-state index contributed by atoms with van der Waals surface area (Å²) in [5.74, 6) is 0. The highest BCUT2D eigenvalue weighted by Crippen LogP contribution is 2.08. The molecule has 0 amide bonds. The lowest BCUT2D eigenvalue weighted by molar-refractivity contribution is 0.234. The molecular weight excluding hydrogens is 152 g/mol. The molecule has 12 heavy (non-hydrogen) atoms. The molecule has 0 atom stereocenters. The zero-order valence-corrected chi connectivity index (χ0v) is 6.95. The number of piperazine rings is 1. The molecule has 2 rings (SSSR count). The van der Waals surface area contributed by atoms with Crippen molar-refractivity contribution in [3.05, 3.63) is 18.6 Å². The van der Waals surface area contributed by atoms with Gasteiger partial charge in [-0.25, -0.2) is 4.99 Å². The molecule has 2 aliphatic rings. The largest absolute Gasteiger partial charge is 0.350 e. The van der Waals surface area contributed by atoms with E-state index in [-0.39, 0.29) is 0 Å². The standard InChI is InChI=1S/C8H13N4/c1-2-10-8(11-3-1)12-6-4-9-5-7-12/h1-3,9-10H,4-7H2. The summed E-state index contributed by atoms with van der Waals surface area (Å²) < 4.78 is 0. The van der Waals surface area contributed by atoms with Crippen molar-refractivity contribution < 1.29 is 0 Å². The molecule has 4 heteroatoms. The predicted molar refractivity (Wildman–Crippen MR) is 48.5 cm³/mol. The number of rotatable bonds is 1. The summed E-state index contributed by atoms with van der Waals surface area (Å²) in [6.07, 6.45) is 6.59. The summed E-state index contributed by atoms with van der Waals surface area (Å²) in [6, 6.07) is 0. The van der Waals surface area contributed by atoms with Gasteiger partial charge in [0.25, 0.3) is 0 Å². The van der Waals surface area contributed by atoms with Crippen LogP contribution in [0.4, 0.5) is 0 Å². The fourth-order valence-electron chi connectivity index (χ4n) is 1.37. The molecule has 2 aliphatic heterocycles. The van der Waals surface area contributed by atoms with E-state index >= 15 is 0 Å². The molecule has 2 heterocycles. The predicted octanol–water partition coefficient (Wildman–Crippen LogP) is -0.474. The minimum absolute atomic E-state index is 0.971. The molecule has 2 N–H and O–H groups in total. The maximum absolute atomic E-state index is 4.24. The zero-order chi connectivity index (χ0) is 8.23. The molecule has 0 unspecified atom stereocenters. The van der Waals surface area contributed by atoms with Gasteiger partial charge >= 0.3 is 0 Å². The Morgan fingerprint density at radius 2 is 2.17 bits per heavy atom. The number of hydrogen-bond acceptors (Lipinski definition) is 4. The second-order valence-corrected chi connectivity index (χ2v) is 2.84. The number of nitrogens with one attached hydrogen (secondary N) is 2. The topological polar surface area (TPSA) is 39.7 Å². The van der Waals surface area contributed by atoms with E-state index in [1.165, 1.54) is 0 Å². The highest BCUT2D eigenvalue weighted by Gasteiger charge is 2.19. The highest BCUT2D eigenvalue weighted by atomic mass is 15.4. The first-order valence-electron chi connectivity index (χ1n) is 4.25. The molecule has 0 aliphatic carbocycles. The van der Waals surface area contributed by atoms with Gasteiger partial charge in [-0.1, -0.05) is 0 Å². The lowest BCUT2D eigenvalue weighted by Gasteiger charge is -2.31. The molecule has 0 aromatic heterocycles. The quantitative estimate of drug-likeness (QED) is 0.551. The SMILES string of the molecule is C1=CN[C](N2CCNCC2)N=C1. The third kappa shape index (κ3) is 1.65. The van der Waals surface area contributed by atoms with Gasteiger partial charge in [-0.05, 0) is 6.08 Å². The van der Waals surface area contributed by atoms with Gasteiger partial charge < -0.3 is 10.6 Å². The van der Waals surface area contributed by atoms with Crippen LogP contribution in [0.5, 0.6) is 0 Å². The van der Waals surface area contributed by atoms with Gasteiger partial charge in [-0.3, -0.25) is 4.90 Å². The lowest BCUT2D eigenvalue weighted by Crippen LogP contribution is -2.48. The number of aliphatic imine (C=N–C) groups is 1. The van der Waals surface area contributed by atoms with Crippen molar-refractivity contribution in [1.82, 2.24) is 15.5 Å². The highest BCUT2D eigenvalue weighted by molar-refractivity contribution is 5.72. The van der Waals surface area contributed by atoms with Crippen LogP contribution in [0.2, 0.25) is 0 Å². The average molecular weight is 165 g/mol. The first kappa shape index (κ1) is 7.76. The van der Waals surface area contributed by atoms with E-state index in [9.17, 15) is 0 Å². The van der Waals surface area contributed by atoms with E-state index < -0.39 is 0 Å². The van der Waals surface area contributed by atoms with Gasteiger partial charge in [0.2, 0.25) is 6.29 Å². The summed E-state index contributed by atoms with van der Waals surface area (Å²) in [6.45, 7) is 4.16. The minimum Gasteiger partial charge on any atom is -0.350 e. The van der Waals surface area contributed by atoms with Crippen molar-refractivity contribution >= 4 is 6.21 Å². The number of hydrogen-bond donors (Lipinski definition) is 2. The molecule has 0 spiro atoms. The van der Waals surface area contributed by atoms with Crippen molar-refractivity contribution in [3.8, 4) is 0 Å². The Balaban J connectivity index is 1.90. The van der Waals surface area contributed by atoms with Gasteiger partial charge in [0.05, 0.1) is 0 Å². The monoisotopic (exact) mass is 165 g/mol. The van der Waals surface area contributed by atoms with E-state index in [4.69, 9.17) is 0 Å². The fourth-order valence-corrected chi connectivity index (χ4v) is 1.37. The van der Waals surface area contributed by atoms with E-state index in [1.54, 1.807) is 0 Å². The van der Waals surface area contributed by atoms with Crippen LogP contribution in [0, 0.1) is 6.29 Å². The summed E-state index contributed by atoms with van der Waals surface area (Å²) >= 11 is 0. The first-order valence-corrected chi connectivity index (χ1v) is 4.25. The molecule has 0 aromatic rings. The number of nitrogens with zero attached hydrogens (tertiary/aromatic N) is 2. The van der Waals surface area contributed by atoms with Crippen LogP contribution in [-0.2, 0) is 0 Å². The van der Waals surface area contributed by atoms with E-state index in [0.29, 0.717) is 0 Å². The van der Waals surface area contributed by atoms with Gasteiger partial charge in [-0.15, -0.1) is 0 Å². The van der Waals surface area contributed by atoms with Crippen LogP contribution < -0.4 is 10.6 Å². The molecule has 0 saturated carbocycles. The molecule has 1 radical (unpaired) electrons. The van der Waals surface area contributed by atoms with Gasteiger partial charge in [0.15, 0.2) is 0 Å². The Hall–Kier alpha value is -0.870. The Bertz CT molecular complexity index is 193. The fraction of sp³-hybridized carbons (Fsp3) is 0.500. The maximum atomic E-state index is 4.24. The van der Waals surface area contributed by atoms with Crippen LogP contribution in [0.3, 0.4) is 0 Å². The average Bonchev–Trinajstić information content (AvgIpc) is 2.21. The van der Waals surface area contributed by atoms with Crippen LogP contribution >= 0.6 is 0 Å².